The number of carbonyl (C=O) groups is 1. The fourth-order valence-electron chi connectivity index (χ4n) is 2.56. The van der Waals surface area contributed by atoms with E-state index in [2.05, 4.69) is 15.6 Å². The molecule has 0 spiro atoms. The Bertz CT molecular complexity index is 943. The summed E-state index contributed by atoms with van der Waals surface area (Å²) in [6, 6.07) is 15.3. The molecule has 5 heteroatoms. The molecule has 3 rings (SSSR count). The second-order valence-electron chi connectivity index (χ2n) is 5.83. The Labute approximate surface area is 139 Å². The lowest BCUT2D eigenvalue weighted by Gasteiger charge is -2.09. The van der Waals surface area contributed by atoms with Crippen LogP contribution in [0.25, 0.3) is 10.9 Å². The molecule has 122 valence electrons. The summed E-state index contributed by atoms with van der Waals surface area (Å²) in [5.74, 6) is -0.103. The molecule has 5 nitrogen and oxygen atoms in total. The van der Waals surface area contributed by atoms with Gasteiger partial charge >= 0.3 is 0 Å². The minimum atomic E-state index is -0.103. The van der Waals surface area contributed by atoms with Crippen molar-refractivity contribution in [1.29, 1.82) is 0 Å². The van der Waals surface area contributed by atoms with Gasteiger partial charge in [0.15, 0.2) is 0 Å². The van der Waals surface area contributed by atoms with Crippen LogP contribution in [-0.2, 0) is 11.3 Å². The molecule has 0 radical (unpaired) electrons. The van der Waals surface area contributed by atoms with Gasteiger partial charge in [0.05, 0.1) is 0 Å². The quantitative estimate of drug-likeness (QED) is 0.689. The van der Waals surface area contributed by atoms with E-state index in [1.54, 1.807) is 0 Å². The summed E-state index contributed by atoms with van der Waals surface area (Å²) in [7, 11) is 0. The molecular formula is C19H19N3O2. The van der Waals surface area contributed by atoms with E-state index in [9.17, 15) is 9.59 Å². The number of aryl methyl sites for hydroxylation is 1. The number of aromatic nitrogens is 1. The second kappa shape index (κ2) is 6.58. The normalized spacial score (nSPS) is 10.6. The molecule has 0 saturated heterocycles. The van der Waals surface area contributed by atoms with Gasteiger partial charge in [-0.25, -0.2) is 0 Å². The van der Waals surface area contributed by atoms with Crippen LogP contribution in [0.2, 0.25) is 0 Å². The minimum Gasteiger partial charge on any atom is -0.381 e. The summed E-state index contributed by atoms with van der Waals surface area (Å²) >= 11 is 0. The summed E-state index contributed by atoms with van der Waals surface area (Å²) in [5, 5.41) is 6.96. The molecule has 1 heterocycles. The Morgan fingerprint density at radius 2 is 1.75 bits per heavy atom. The van der Waals surface area contributed by atoms with Crippen molar-refractivity contribution in [1.82, 2.24) is 4.98 Å². The van der Waals surface area contributed by atoms with E-state index in [-0.39, 0.29) is 11.5 Å². The van der Waals surface area contributed by atoms with Gasteiger partial charge in [-0.05, 0) is 54.3 Å². The van der Waals surface area contributed by atoms with Gasteiger partial charge in [0.25, 0.3) is 5.56 Å². The number of hydrogen-bond acceptors (Lipinski definition) is 3. The lowest BCUT2D eigenvalue weighted by molar-refractivity contribution is -0.114. The van der Waals surface area contributed by atoms with Gasteiger partial charge in [-0.1, -0.05) is 12.1 Å². The van der Waals surface area contributed by atoms with Crippen molar-refractivity contribution in [3.63, 3.8) is 0 Å². The maximum Gasteiger partial charge on any atom is 0.253 e. The van der Waals surface area contributed by atoms with Gasteiger partial charge in [0.1, 0.15) is 0 Å². The number of nitrogens with one attached hydrogen (secondary N) is 3. The predicted octanol–water partition coefficient (Wildman–Crippen LogP) is 3.41. The molecule has 0 unspecified atom stereocenters. The number of H-pyrrole nitrogens is 1. The fourth-order valence-corrected chi connectivity index (χ4v) is 2.56. The molecule has 0 bridgehead atoms. The zero-order chi connectivity index (χ0) is 17.1. The Hall–Kier alpha value is -3.08. The molecule has 3 N–H and O–H groups in total. The van der Waals surface area contributed by atoms with Crippen LogP contribution in [0.15, 0.2) is 53.3 Å². The first-order chi connectivity index (χ1) is 11.5. The van der Waals surface area contributed by atoms with Gasteiger partial charge in [0, 0.05) is 35.9 Å². The van der Waals surface area contributed by atoms with E-state index >= 15 is 0 Å². The highest BCUT2D eigenvalue weighted by atomic mass is 16.1. The van der Waals surface area contributed by atoms with E-state index < -0.39 is 0 Å². The molecule has 0 aliphatic rings. The average molecular weight is 321 g/mol. The Morgan fingerprint density at radius 1 is 1.04 bits per heavy atom. The van der Waals surface area contributed by atoms with Crippen LogP contribution in [0.1, 0.15) is 18.1 Å². The highest BCUT2D eigenvalue weighted by Gasteiger charge is 2.04. The number of aromatic amines is 1. The first kappa shape index (κ1) is 15.8. The molecular weight excluding hydrogens is 302 g/mol. The van der Waals surface area contributed by atoms with Crippen LogP contribution in [0, 0.1) is 6.92 Å². The van der Waals surface area contributed by atoms with Crippen molar-refractivity contribution in [2.45, 2.75) is 20.4 Å². The molecule has 0 atom stereocenters. The highest BCUT2D eigenvalue weighted by molar-refractivity contribution is 5.88. The topological polar surface area (TPSA) is 74.0 Å². The van der Waals surface area contributed by atoms with Crippen LogP contribution >= 0.6 is 0 Å². The summed E-state index contributed by atoms with van der Waals surface area (Å²) in [4.78, 5) is 26.1. The van der Waals surface area contributed by atoms with Crippen LogP contribution in [0.5, 0.6) is 0 Å². The van der Waals surface area contributed by atoms with Crippen LogP contribution in [0.3, 0.4) is 0 Å². The van der Waals surface area contributed by atoms with E-state index in [4.69, 9.17) is 0 Å². The van der Waals surface area contributed by atoms with Crippen molar-refractivity contribution in [3.05, 3.63) is 70.0 Å². The number of pyridine rings is 1. The van der Waals surface area contributed by atoms with Crippen molar-refractivity contribution in [3.8, 4) is 0 Å². The SMILES string of the molecule is CC(=O)Nc1ccc(NCc2cc3ccc(C)cc3[nH]c2=O)cc1. The lowest BCUT2D eigenvalue weighted by Crippen LogP contribution is -2.15. The second-order valence-corrected chi connectivity index (χ2v) is 5.83. The third kappa shape index (κ3) is 3.63. The Morgan fingerprint density at radius 3 is 2.46 bits per heavy atom. The van der Waals surface area contributed by atoms with Crippen LogP contribution in [-0.4, -0.2) is 10.9 Å². The number of benzene rings is 2. The van der Waals surface area contributed by atoms with Gasteiger partial charge < -0.3 is 15.6 Å². The Balaban J connectivity index is 1.75. The van der Waals surface area contributed by atoms with Gasteiger partial charge in [-0.3, -0.25) is 9.59 Å². The third-order valence-corrected chi connectivity index (χ3v) is 3.77. The maximum absolute atomic E-state index is 12.2. The largest absolute Gasteiger partial charge is 0.381 e. The van der Waals surface area contributed by atoms with Crippen LogP contribution < -0.4 is 16.2 Å². The zero-order valence-electron chi connectivity index (χ0n) is 13.6. The maximum atomic E-state index is 12.2. The third-order valence-electron chi connectivity index (χ3n) is 3.77. The first-order valence-electron chi connectivity index (χ1n) is 7.75. The van der Waals surface area contributed by atoms with Gasteiger partial charge in [-0.15, -0.1) is 0 Å². The van der Waals surface area contributed by atoms with Crippen molar-refractivity contribution < 1.29 is 4.79 Å². The number of anilines is 2. The fraction of sp³-hybridized carbons (Fsp3) is 0.158. The molecule has 0 aliphatic heterocycles. The molecule has 2 aromatic carbocycles. The van der Waals surface area contributed by atoms with E-state index in [0.29, 0.717) is 12.1 Å². The highest BCUT2D eigenvalue weighted by Crippen LogP contribution is 2.16. The number of rotatable bonds is 4. The smallest absolute Gasteiger partial charge is 0.253 e. The summed E-state index contributed by atoms with van der Waals surface area (Å²) in [5.41, 5.74) is 4.18. The van der Waals surface area contributed by atoms with E-state index in [0.717, 1.165) is 27.8 Å². The molecule has 1 amide bonds. The summed E-state index contributed by atoms with van der Waals surface area (Å²) < 4.78 is 0. The Kier molecular flexibility index (Phi) is 4.33. The monoisotopic (exact) mass is 321 g/mol. The van der Waals surface area contributed by atoms with E-state index in [1.165, 1.54) is 6.92 Å². The molecule has 0 fully saturated rings. The average Bonchev–Trinajstić information content (AvgIpc) is 2.54. The summed E-state index contributed by atoms with van der Waals surface area (Å²) in [6.07, 6.45) is 0. The standard InChI is InChI=1S/C19H19N3O2/c1-12-3-4-14-10-15(19(24)22-18(14)9-12)11-20-16-5-7-17(8-6-16)21-13(2)23/h3-10,20H,11H2,1-2H3,(H,21,23)(H,22,24). The van der Waals surface area contributed by atoms with Gasteiger partial charge in [-0.2, -0.15) is 0 Å². The molecule has 1 aromatic heterocycles. The van der Waals surface area contributed by atoms with Crippen LogP contribution in [0.4, 0.5) is 11.4 Å². The first-order valence-corrected chi connectivity index (χ1v) is 7.75. The molecule has 0 saturated carbocycles. The lowest BCUT2D eigenvalue weighted by atomic mass is 10.1. The minimum absolute atomic E-state index is 0.0875. The van der Waals surface area contributed by atoms with Crippen molar-refractivity contribution in [2.75, 3.05) is 10.6 Å². The predicted molar refractivity (Wildman–Crippen MR) is 97.4 cm³/mol. The van der Waals surface area contributed by atoms with Crippen molar-refractivity contribution in [2.24, 2.45) is 0 Å². The number of fused-ring (bicyclic) bond motifs is 1. The number of amides is 1. The zero-order valence-corrected chi connectivity index (χ0v) is 13.6. The summed E-state index contributed by atoms with van der Waals surface area (Å²) in [6.45, 7) is 3.90. The number of carbonyl (C=O) groups excluding carboxylic acids is 1. The molecule has 0 aliphatic carbocycles. The molecule has 3 aromatic rings. The van der Waals surface area contributed by atoms with E-state index in [1.807, 2.05) is 55.5 Å². The van der Waals surface area contributed by atoms with Crippen molar-refractivity contribution >= 4 is 28.2 Å². The van der Waals surface area contributed by atoms with Gasteiger partial charge in [0.2, 0.25) is 5.91 Å². The molecule has 24 heavy (non-hydrogen) atoms. The number of hydrogen-bond donors (Lipinski definition) is 3.